The van der Waals surface area contributed by atoms with Gasteiger partial charge in [-0.3, -0.25) is 10.1 Å². The van der Waals surface area contributed by atoms with Crippen molar-refractivity contribution in [1.82, 2.24) is 4.98 Å². The fourth-order valence-corrected chi connectivity index (χ4v) is 1.57. The van der Waals surface area contributed by atoms with Gasteiger partial charge in [0.05, 0.1) is 4.92 Å². The molecule has 2 aromatic rings. The van der Waals surface area contributed by atoms with E-state index in [1.54, 1.807) is 25.1 Å². The van der Waals surface area contributed by atoms with E-state index in [2.05, 4.69) is 4.98 Å². The Morgan fingerprint density at radius 1 is 1.37 bits per heavy atom. The number of para-hydroxylation sites is 1. The number of pyridine rings is 1. The summed E-state index contributed by atoms with van der Waals surface area (Å²) in [6.07, 6.45) is 1.46. The number of nitriles is 1. The SMILES string of the molecule is Cc1cccc([N+](=O)[O-])c1Oc1ncccc1C#N. The van der Waals surface area contributed by atoms with Gasteiger partial charge in [-0.1, -0.05) is 12.1 Å². The van der Waals surface area contributed by atoms with Crippen LogP contribution in [0.25, 0.3) is 0 Å². The van der Waals surface area contributed by atoms with Crippen molar-refractivity contribution < 1.29 is 9.66 Å². The van der Waals surface area contributed by atoms with Crippen molar-refractivity contribution in [3.05, 3.63) is 57.8 Å². The van der Waals surface area contributed by atoms with Gasteiger partial charge < -0.3 is 4.74 Å². The van der Waals surface area contributed by atoms with Crippen LogP contribution in [-0.4, -0.2) is 9.91 Å². The molecular weight excluding hydrogens is 246 g/mol. The highest BCUT2D eigenvalue weighted by molar-refractivity contribution is 5.53. The van der Waals surface area contributed by atoms with E-state index in [0.717, 1.165) is 0 Å². The summed E-state index contributed by atoms with van der Waals surface area (Å²) >= 11 is 0. The van der Waals surface area contributed by atoms with Crippen LogP contribution in [-0.2, 0) is 0 Å². The molecule has 0 aliphatic carbocycles. The van der Waals surface area contributed by atoms with Crippen LogP contribution < -0.4 is 4.74 Å². The number of nitrogens with zero attached hydrogens (tertiary/aromatic N) is 3. The number of hydrogen-bond donors (Lipinski definition) is 0. The Hall–Kier alpha value is -2.94. The summed E-state index contributed by atoms with van der Waals surface area (Å²) in [5.74, 6) is 0.158. The third-order valence-electron chi connectivity index (χ3n) is 2.48. The van der Waals surface area contributed by atoms with Gasteiger partial charge in [0.25, 0.3) is 0 Å². The molecule has 94 valence electrons. The normalized spacial score (nSPS) is 9.68. The van der Waals surface area contributed by atoms with E-state index in [0.29, 0.717) is 5.56 Å². The molecule has 2 rings (SSSR count). The summed E-state index contributed by atoms with van der Waals surface area (Å²) in [5.41, 5.74) is 0.665. The molecule has 1 aromatic heterocycles. The molecule has 6 nitrogen and oxygen atoms in total. The molecule has 0 N–H and O–H groups in total. The van der Waals surface area contributed by atoms with E-state index in [9.17, 15) is 10.1 Å². The maximum Gasteiger partial charge on any atom is 0.311 e. The molecule has 0 spiro atoms. The zero-order valence-electron chi connectivity index (χ0n) is 10.0. The van der Waals surface area contributed by atoms with Crippen molar-refractivity contribution in [2.24, 2.45) is 0 Å². The van der Waals surface area contributed by atoms with Crippen molar-refractivity contribution in [2.75, 3.05) is 0 Å². The minimum atomic E-state index is -0.530. The number of benzene rings is 1. The molecule has 0 amide bonds. The zero-order chi connectivity index (χ0) is 13.8. The molecule has 0 saturated heterocycles. The summed E-state index contributed by atoms with van der Waals surface area (Å²) in [5, 5.41) is 19.9. The number of hydrogen-bond acceptors (Lipinski definition) is 5. The number of ether oxygens (including phenoxy) is 1. The summed E-state index contributed by atoms with van der Waals surface area (Å²) in [7, 11) is 0. The first kappa shape index (κ1) is 12.5. The van der Waals surface area contributed by atoms with E-state index in [1.807, 2.05) is 6.07 Å². The van der Waals surface area contributed by atoms with Crippen LogP contribution in [0, 0.1) is 28.4 Å². The van der Waals surface area contributed by atoms with Crippen LogP contribution in [0.5, 0.6) is 11.6 Å². The quantitative estimate of drug-likeness (QED) is 0.621. The van der Waals surface area contributed by atoms with E-state index >= 15 is 0 Å². The molecule has 0 unspecified atom stereocenters. The van der Waals surface area contributed by atoms with E-state index in [1.165, 1.54) is 18.3 Å². The molecule has 0 aliphatic rings. The van der Waals surface area contributed by atoms with Gasteiger partial charge in [0, 0.05) is 12.3 Å². The molecule has 19 heavy (non-hydrogen) atoms. The smallest absolute Gasteiger partial charge is 0.311 e. The number of aromatic nitrogens is 1. The first-order valence-corrected chi connectivity index (χ1v) is 5.40. The van der Waals surface area contributed by atoms with Crippen molar-refractivity contribution in [2.45, 2.75) is 6.92 Å². The molecule has 0 saturated carbocycles. The Morgan fingerprint density at radius 2 is 2.16 bits per heavy atom. The van der Waals surface area contributed by atoms with Crippen molar-refractivity contribution in [3.8, 4) is 17.7 Å². The Bertz CT molecular complexity index is 677. The minimum Gasteiger partial charge on any atom is -0.430 e. The van der Waals surface area contributed by atoms with E-state index < -0.39 is 4.92 Å². The maximum absolute atomic E-state index is 11.0. The average molecular weight is 255 g/mol. The van der Waals surface area contributed by atoms with Crippen LogP contribution in [0.4, 0.5) is 5.69 Å². The predicted molar refractivity (Wildman–Crippen MR) is 66.9 cm³/mol. The molecule has 0 radical (unpaired) electrons. The third-order valence-corrected chi connectivity index (χ3v) is 2.48. The fourth-order valence-electron chi connectivity index (χ4n) is 1.57. The highest BCUT2D eigenvalue weighted by atomic mass is 16.6. The lowest BCUT2D eigenvalue weighted by Crippen LogP contribution is -1.98. The van der Waals surface area contributed by atoms with Gasteiger partial charge in [0.1, 0.15) is 11.6 Å². The first-order chi connectivity index (χ1) is 9.13. The molecule has 6 heteroatoms. The van der Waals surface area contributed by atoms with Crippen LogP contribution in [0.2, 0.25) is 0 Å². The number of aryl methyl sites for hydroxylation is 1. The van der Waals surface area contributed by atoms with E-state index in [-0.39, 0.29) is 22.9 Å². The molecule has 0 atom stereocenters. The summed E-state index contributed by atoms with van der Waals surface area (Å²) in [4.78, 5) is 14.3. The molecule has 0 aliphatic heterocycles. The zero-order valence-corrected chi connectivity index (χ0v) is 10.0. The molecule has 1 aromatic carbocycles. The monoisotopic (exact) mass is 255 g/mol. The van der Waals surface area contributed by atoms with Crippen LogP contribution in [0.1, 0.15) is 11.1 Å². The highest BCUT2D eigenvalue weighted by Crippen LogP contribution is 2.34. The van der Waals surface area contributed by atoms with Crippen LogP contribution >= 0.6 is 0 Å². The third kappa shape index (κ3) is 2.50. The standard InChI is InChI=1S/C13H9N3O3/c1-9-4-2-6-11(16(17)18)12(9)19-13-10(8-14)5-3-7-15-13/h2-7H,1H3. The second-order valence-electron chi connectivity index (χ2n) is 3.75. The molecular formula is C13H9N3O3. The van der Waals surface area contributed by atoms with Gasteiger partial charge in [-0.05, 0) is 24.6 Å². The van der Waals surface area contributed by atoms with Gasteiger partial charge in [0.2, 0.25) is 11.6 Å². The number of nitro groups is 1. The Balaban J connectivity index is 2.50. The van der Waals surface area contributed by atoms with Crippen LogP contribution in [0.3, 0.4) is 0 Å². The predicted octanol–water partition coefficient (Wildman–Crippen LogP) is 2.96. The van der Waals surface area contributed by atoms with Gasteiger partial charge in [0.15, 0.2) is 0 Å². The van der Waals surface area contributed by atoms with Crippen molar-refractivity contribution in [3.63, 3.8) is 0 Å². The van der Waals surface area contributed by atoms with Gasteiger partial charge >= 0.3 is 5.69 Å². The second kappa shape index (κ2) is 5.14. The maximum atomic E-state index is 11.0. The van der Waals surface area contributed by atoms with Gasteiger partial charge in [-0.2, -0.15) is 5.26 Å². The van der Waals surface area contributed by atoms with Crippen LogP contribution in [0.15, 0.2) is 36.5 Å². The Labute approximate surface area is 109 Å². The van der Waals surface area contributed by atoms with E-state index in [4.69, 9.17) is 10.00 Å². The molecule has 0 bridgehead atoms. The largest absolute Gasteiger partial charge is 0.430 e. The second-order valence-corrected chi connectivity index (χ2v) is 3.75. The Kier molecular flexibility index (Phi) is 3.39. The summed E-state index contributed by atoms with van der Waals surface area (Å²) in [6, 6.07) is 9.67. The van der Waals surface area contributed by atoms with Crippen molar-refractivity contribution >= 4 is 5.69 Å². The van der Waals surface area contributed by atoms with Gasteiger partial charge in [-0.25, -0.2) is 4.98 Å². The molecule has 1 heterocycles. The fraction of sp³-hybridized carbons (Fsp3) is 0.0769. The minimum absolute atomic E-state index is 0.0578. The highest BCUT2D eigenvalue weighted by Gasteiger charge is 2.19. The van der Waals surface area contributed by atoms with Crippen molar-refractivity contribution in [1.29, 1.82) is 5.26 Å². The lowest BCUT2D eigenvalue weighted by Gasteiger charge is -2.08. The van der Waals surface area contributed by atoms with Gasteiger partial charge in [-0.15, -0.1) is 0 Å². The lowest BCUT2D eigenvalue weighted by atomic mass is 10.2. The lowest BCUT2D eigenvalue weighted by molar-refractivity contribution is -0.385. The molecule has 0 fully saturated rings. The summed E-state index contributed by atoms with van der Waals surface area (Å²) < 4.78 is 5.45. The summed E-state index contributed by atoms with van der Waals surface area (Å²) in [6.45, 7) is 1.69. The number of nitro benzene ring substituents is 1. The average Bonchev–Trinajstić information content (AvgIpc) is 2.41. The first-order valence-electron chi connectivity index (χ1n) is 5.40. The number of rotatable bonds is 3. The topological polar surface area (TPSA) is 89.1 Å². The Morgan fingerprint density at radius 3 is 2.84 bits per heavy atom.